The van der Waals surface area contributed by atoms with E-state index < -0.39 is 12.0 Å². The standard InChI is InChI=1S/C26H30ClN3O5S/c1-4-34-24(32)18-9-7-11-29(14-18)21(31)13-20-15-36-26-28-16(3)22(25(33)35-5-2)23(30(20)26)17-8-6-10-19(27)12-17/h6,8,10,12,15,18,23H,4-5,7,9,11,13-14H2,1-3H3/t18-,23+/m0/s1. The lowest BCUT2D eigenvalue weighted by atomic mass is 9.93. The summed E-state index contributed by atoms with van der Waals surface area (Å²) in [5.41, 5.74) is 2.54. The topological polar surface area (TPSA) is 88.5 Å². The molecule has 10 heteroatoms. The summed E-state index contributed by atoms with van der Waals surface area (Å²) in [4.78, 5) is 47.0. The number of rotatable bonds is 7. The number of nitrogens with zero attached hydrogens (tertiary/aromatic N) is 3. The molecule has 0 radical (unpaired) electrons. The van der Waals surface area contributed by atoms with E-state index in [1.807, 2.05) is 28.5 Å². The highest BCUT2D eigenvalue weighted by atomic mass is 35.5. The highest BCUT2D eigenvalue weighted by Crippen LogP contribution is 2.45. The Morgan fingerprint density at radius 1 is 1.19 bits per heavy atom. The molecule has 1 saturated heterocycles. The van der Waals surface area contributed by atoms with Crippen LogP contribution in [0.15, 0.2) is 51.6 Å². The normalized spacial score (nSPS) is 21.6. The van der Waals surface area contributed by atoms with Gasteiger partial charge in [0, 0.05) is 23.8 Å². The first-order chi connectivity index (χ1) is 17.3. The second-order valence-corrected chi connectivity index (χ2v) is 10.0. The quantitative estimate of drug-likeness (QED) is 0.472. The van der Waals surface area contributed by atoms with E-state index >= 15 is 0 Å². The van der Waals surface area contributed by atoms with Gasteiger partial charge in [-0.15, -0.1) is 0 Å². The molecule has 1 aromatic carbocycles. The molecule has 192 valence electrons. The molecule has 0 spiro atoms. The van der Waals surface area contributed by atoms with Crippen LogP contribution in [-0.4, -0.2) is 59.1 Å². The summed E-state index contributed by atoms with van der Waals surface area (Å²) in [6.07, 6.45) is 1.58. The highest BCUT2D eigenvalue weighted by molar-refractivity contribution is 8.16. The predicted molar refractivity (Wildman–Crippen MR) is 139 cm³/mol. The van der Waals surface area contributed by atoms with Crippen LogP contribution in [0.3, 0.4) is 0 Å². The number of benzene rings is 1. The Bertz CT molecular complexity index is 1150. The molecule has 3 heterocycles. The van der Waals surface area contributed by atoms with Crippen LogP contribution in [0.2, 0.25) is 5.02 Å². The van der Waals surface area contributed by atoms with Crippen LogP contribution in [0.25, 0.3) is 0 Å². The second kappa shape index (κ2) is 11.5. The fourth-order valence-corrected chi connectivity index (χ4v) is 5.92. The molecule has 3 aliphatic heterocycles. The van der Waals surface area contributed by atoms with E-state index in [1.165, 1.54) is 11.8 Å². The van der Waals surface area contributed by atoms with Crippen molar-refractivity contribution in [3.63, 3.8) is 0 Å². The number of hydrogen-bond donors (Lipinski definition) is 0. The number of carbonyl (C=O) groups excluding carboxylic acids is 3. The molecular weight excluding hydrogens is 502 g/mol. The number of thioether (sulfide) groups is 1. The molecule has 4 rings (SSSR count). The summed E-state index contributed by atoms with van der Waals surface area (Å²) >= 11 is 7.73. The lowest BCUT2D eigenvalue weighted by Crippen LogP contribution is -2.44. The van der Waals surface area contributed by atoms with Crippen LogP contribution in [0.5, 0.6) is 0 Å². The van der Waals surface area contributed by atoms with E-state index in [0.717, 1.165) is 17.7 Å². The maximum atomic E-state index is 13.4. The molecule has 0 bridgehead atoms. The molecule has 8 nitrogen and oxygen atoms in total. The van der Waals surface area contributed by atoms with E-state index in [-0.39, 0.29) is 30.8 Å². The number of hydrogen-bond acceptors (Lipinski definition) is 8. The predicted octanol–water partition coefficient (Wildman–Crippen LogP) is 4.67. The Morgan fingerprint density at radius 2 is 1.97 bits per heavy atom. The van der Waals surface area contributed by atoms with Crippen molar-refractivity contribution >= 4 is 46.4 Å². The number of piperidine rings is 1. The van der Waals surface area contributed by atoms with Crippen molar-refractivity contribution < 1.29 is 23.9 Å². The lowest BCUT2D eigenvalue weighted by Gasteiger charge is -2.37. The van der Waals surface area contributed by atoms with Crippen LogP contribution in [-0.2, 0) is 23.9 Å². The lowest BCUT2D eigenvalue weighted by molar-refractivity contribution is -0.151. The van der Waals surface area contributed by atoms with Gasteiger partial charge in [-0.2, -0.15) is 0 Å². The summed E-state index contributed by atoms with van der Waals surface area (Å²) in [6.45, 7) is 6.85. The van der Waals surface area contributed by atoms with Crippen molar-refractivity contribution in [3.05, 3.63) is 57.2 Å². The number of aliphatic imine (C=N–C) groups is 1. The SMILES string of the molecule is CCOC(=O)C1=C(C)N=C2SC=C(CC(=O)N3CCC[C@H](C(=O)OCC)C3)N2[C@@H]1c1cccc(Cl)c1. The summed E-state index contributed by atoms with van der Waals surface area (Å²) in [5.74, 6) is -1.08. The molecule has 0 aromatic heterocycles. The fourth-order valence-electron chi connectivity index (χ4n) is 4.75. The Morgan fingerprint density at radius 3 is 2.69 bits per heavy atom. The Labute approximate surface area is 220 Å². The van der Waals surface area contributed by atoms with Crippen molar-refractivity contribution in [1.82, 2.24) is 9.80 Å². The Balaban J connectivity index is 1.60. The number of halogens is 1. The maximum Gasteiger partial charge on any atom is 0.338 e. The zero-order chi connectivity index (χ0) is 25.8. The molecule has 2 atom stereocenters. The van der Waals surface area contributed by atoms with Gasteiger partial charge < -0.3 is 19.3 Å². The number of carbonyl (C=O) groups is 3. The smallest absolute Gasteiger partial charge is 0.338 e. The van der Waals surface area contributed by atoms with Crippen molar-refractivity contribution in [3.8, 4) is 0 Å². The van der Waals surface area contributed by atoms with Crippen molar-refractivity contribution in [1.29, 1.82) is 0 Å². The van der Waals surface area contributed by atoms with Crippen LogP contribution in [0.4, 0.5) is 0 Å². The molecule has 1 aromatic rings. The Kier molecular flexibility index (Phi) is 8.41. The average molecular weight is 532 g/mol. The molecular formula is C26H30ClN3O5S. The van der Waals surface area contributed by atoms with Crippen LogP contribution in [0, 0.1) is 5.92 Å². The zero-order valence-corrected chi connectivity index (χ0v) is 22.2. The molecule has 0 saturated carbocycles. The number of esters is 2. The van der Waals surface area contributed by atoms with Gasteiger partial charge in [-0.3, -0.25) is 9.59 Å². The van der Waals surface area contributed by atoms with E-state index in [1.54, 1.807) is 31.7 Å². The first kappa shape index (κ1) is 26.3. The second-order valence-electron chi connectivity index (χ2n) is 8.78. The van der Waals surface area contributed by atoms with Gasteiger partial charge in [0.05, 0.1) is 42.9 Å². The average Bonchev–Trinajstić information content (AvgIpc) is 3.25. The molecule has 1 amide bonds. The first-order valence-electron chi connectivity index (χ1n) is 12.1. The van der Waals surface area contributed by atoms with E-state index in [0.29, 0.717) is 47.6 Å². The van der Waals surface area contributed by atoms with Gasteiger partial charge in [-0.1, -0.05) is 35.5 Å². The van der Waals surface area contributed by atoms with Crippen molar-refractivity contribution in [2.45, 2.75) is 46.1 Å². The van der Waals surface area contributed by atoms with Gasteiger partial charge in [0.25, 0.3) is 0 Å². The van der Waals surface area contributed by atoms with Gasteiger partial charge in [-0.05, 0) is 56.7 Å². The third kappa shape index (κ3) is 5.47. The third-order valence-electron chi connectivity index (χ3n) is 6.39. The summed E-state index contributed by atoms with van der Waals surface area (Å²) in [7, 11) is 0. The Hall–Kier alpha value is -2.78. The molecule has 0 aliphatic carbocycles. The molecule has 0 unspecified atom stereocenters. The minimum atomic E-state index is -0.530. The largest absolute Gasteiger partial charge is 0.466 e. The number of likely N-dealkylation sites (tertiary alicyclic amines) is 1. The number of allylic oxidation sites excluding steroid dienone is 1. The van der Waals surface area contributed by atoms with Gasteiger partial charge >= 0.3 is 11.9 Å². The molecule has 36 heavy (non-hydrogen) atoms. The monoisotopic (exact) mass is 531 g/mol. The van der Waals surface area contributed by atoms with Gasteiger partial charge in [0.15, 0.2) is 5.17 Å². The zero-order valence-electron chi connectivity index (χ0n) is 20.7. The summed E-state index contributed by atoms with van der Waals surface area (Å²) in [5, 5.41) is 3.14. The summed E-state index contributed by atoms with van der Waals surface area (Å²) < 4.78 is 10.6. The number of amides is 1. The molecule has 3 aliphatic rings. The third-order valence-corrected chi connectivity index (χ3v) is 7.51. The number of fused-ring (bicyclic) bond motifs is 1. The van der Waals surface area contributed by atoms with Crippen molar-refractivity contribution in [2.75, 3.05) is 26.3 Å². The minimum Gasteiger partial charge on any atom is -0.466 e. The van der Waals surface area contributed by atoms with E-state index in [9.17, 15) is 14.4 Å². The van der Waals surface area contributed by atoms with E-state index in [4.69, 9.17) is 21.1 Å². The highest BCUT2D eigenvalue weighted by Gasteiger charge is 2.41. The molecule has 0 N–H and O–H groups in total. The number of ether oxygens (including phenoxy) is 2. The van der Waals surface area contributed by atoms with Gasteiger partial charge in [-0.25, -0.2) is 9.79 Å². The van der Waals surface area contributed by atoms with E-state index in [2.05, 4.69) is 4.99 Å². The maximum absolute atomic E-state index is 13.4. The van der Waals surface area contributed by atoms with Gasteiger partial charge in [0.2, 0.25) is 5.91 Å². The number of amidine groups is 1. The van der Waals surface area contributed by atoms with Crippen LogP contribution < -0.4 is 0 Å². The van der Waals surface area contributed by atoms with Crippen LogP contribution in [0.1, 0.15) is 51.6 Å². The fraction of sp³-hybridized carbons (Fsp3) is 0.462. The summed E-state index contributed by atoms with van der Waals surface area (Å²) in [6, 6.07) is 6.81. The van der Waals surface area contributed by atoms with Crippen molar-refractivity contribution in [2.24, 2.45) is 10.9 Å². The molecule has 1 fully saturated rings. The minimum absolute atomic E-state index is 0.0779. The van der Waals surface area contributed by atoms with Crippen LogP contribution >= 0.6 is 23.4 Å². The first-order valence-corrected chi connectivity index (χ1v) is 13.4. The van der Waals surface area contributed by atoms with Gasteiger partial charge in [0.1, 0.15) is 0 Å².